The van der Waals surface area contributed by atoms with Crippen molar-refractivity contribution in [1.82, 2.24) is 18.8 Å². The number of hydrogen-bond acceptors (Lipinski definition) is 12. The summed E-state index contributed by atoms with van der Waals surface area (Å²) in [5.41, 5.74) is 0.710. The predicted octanol–water partition coefficient (Wildman–Crippen LogP) is 3.33. The van der Waals surface area contributed by atoms with E-state index < -0.39 is 20.0 Å². The van der Waals surface area contributed by atoms with Crippen molar-refractivity contribution in [3.05, 3.63) is 48.5 Å². The number of benzene rings is 2. The maximum Gasteiger partial charge on any atom is 0.494 e. The highest BCUT2D eigenvalue weighted by Gasteiger charge is 2.52. The Balaban J connectivity index is 0.000000220. The molecule has 0 bridgehead atoms. The summed E-state index contributed by atoms with van der Waals surface area (Å²) in [6, 6.07) is 15.8. The molecule has 4 aliphatic heterocycles. The van der Waals surface area contributed by atoms with Gasteiger partial charge in [-0.2, -0.15) is 8.61 Å². The normalized spacial score (nSPS) is 21.9. The molecule has 0 aromatic heterocycles. The Morgan fingerprint density at radius 1 is 0.593 bits per heavy atom. The summed E-state index contributed by atoms with van der Waals surface area (Å²) >= 11 is 3.39. The van der Waals surface area contributed by atoms with Crippen LogP contribution in [0.1, 0.15) is 68.2 Å². The molecule has 1 N–H and O–H groups in total. The van der Waals surface area contributed by atoms with Crippen molar-refractivity contribution < 1.29 is 44.9 Å². The molecule has 59 heavy (non-hydrogen) atoms. The molecule has 0 atom stereocenters. The lowest BCUT2D eigenvalue weighted by atomic mass is 9.79. The van der Waals surface area contributed by atoms with Gasteiger partial charge in [0.15, 0.2) is 0 Å². The molecule has 0 spiro atoms. The van der Waals surface area contributed by atoms with Crippen LogP contribution in [-0.4, -0.2) is 157 Å². The van der Waals surface area contributed by atoms with Crippen LogP contribution >= 0.6 is 15.9 Å². The smallest absolute Gasteiger partial charge is 0.494 e. The number of nitrogens with one attached hydrogen (secondary N) is 1. The van der Waals surface area contributed by atoms with Crippen LogP contribution in [0.5, 0.6) is 11.5 Å². The number of hydrogen-bond donors (Lipinski definition) is 1. The molecule has 4 fully saturated rings. The number of piperazine rings is 2. The second-order valence-electron chi connectivity index (χ2n) is 17.3. The maximum absolute atomic E-state index is 11.6. The van der Waals surface area contributed by atoms with Gasteiger partial charge in [0.2, 0.25) is 20.0 Å². The lowest BCUT2D eigenvalue weighted by molar-refractivity contribution is 0.00578. The zero-order valence-electron chi connectivity index (χ0n) is 36.8. The number of nitrogens with zero attached hydrogens (tertiary/aromatic N) is 3. The van der Waals surface area contributed by atoms with Gasteiger partial charge in [-0.1, -0.05) is 40.2 Å². The standard InChI is InChI=1S/C20H33BN2O5S.C15H22BBrO3.C5H12N2O2S/c1-19(2)20(3,4)28-21(27-19)17-7-9-18(10-8-17)26-16-6-11-22-12-14-23(15-13-22)29(5,24)25;1-14(2)15(3,4)20-16(19-14)12-6-8-13(9-7-12)18-11-5-10-17;1-10(8,9)7-4-2-6-3-5-7/h7-10H,6,11-16H2,1-5H3;6-9H,5,10-11H2,1-4H3;6H,2-5H2,1H3. The summed E-state index contributed by atoms with van der Waals surface area (Å²) in [6.07, 6.45) is 4.42. The molecule has 0 radical (unpaired) electrons. The minimum Gasteiger partial charge on any atom is -0.494 e. The number of alkyl halides is 1. The van der Waals surface area contributed by atoms with Gasteiger partial charge in [-0.15, -0.1) is 0 Å². The van der Waals surface area contributed by atoms with Gasteiger partial charge in [-0.3, -0.25) is 0 Å². The molecule has 332 valence electrons. The molecule has 4 heterocycles. The summed E-state index contributed by atoms with van der Waals surface area (Å²) in [7, 11) is -6.67. The zero-order valence-corrected chi connectivity index (χ0v) is 40.0. The minimum atomic E-state index is -3.07. The molecule has 14 nitrogen and oxygen atoms in total. The quantitative estimate of drug-likeness (QED) is 0.179. The second-order valence-corrected chi connectivity index (χ2v) is 22.1. The Kier molecular flexibility index (Phi) is 17.8. The van der Waals surface area contributed by atoms with Crippen molar-refractivity contribution >= 4 is 61.1 Å². The van der Waals surface area contributed by atoms with Crippen LogP contribution < -0.4 is 25.7 Å². The van der Waals surface area contributed by atoms with Crippen molar-refractivity contribution in [2.24, 2.45) is 0 Å². The fourth-order valence-corrected chi connectivity index (χ4v) is 8.29. The van der Waals surface area contributed by atoms with E-state index in [0.717, 1.165) is 79.9 Å². The SMILES string of the molecule is CC1(C)OB(c2ccc(OCCCBr)cc2)OC1(C)C.CC1(C)OB(c2ccc(OCCCN3CCN(S(C)(=O)=O)CC3)cc2)OC1(C)C.CS(=O)(=O)N1CCNCC1. The number of sulfonamides is 2. The van der Waals surface area contributed by atoms with E-state index in [1.807, 2.05) is 76.2 Å². The van der Waals surface area contributed by atoms with Crippen molar-refractivity contribution in [1.29, 1.82) is 0 Å². The highest BCUT2D eigenvalue weighted by Crippen LogP contribution is 2.37. The second kappa shape index (κ2) is 21.1. The molecular weight excluding hydrogens is 862 g/mol. The average molecular weight is 930 g/mol. The molecule has 2 aromatic rings. The molecule has 2 aromatic carbocycles. The van der Waals surface area contributed by atoms with Gasteiger partial charge >= 0.3 is 14.2 Å². The van der Waals surface area contributed by atoms with Gasteiger partial charge in [0.1, 0.15) is 11.5 Å². The Labute approximate surface area is 363 Å². The molecule has 19 heteroatoms. The summed E-state index contributed by atoms with van der Waals surface area (Å²) in [4.78, 5) is 2.28. The summed E-state index contributed by atoms with van der Waals surface area (Å²) in [6.45, 7) is 24.1. The van der Waals surface area contributed by atoms with Gasteiger partial charge < -0.3 is 38.3 Å². The zero-order chi connectivity index (χ0) is 43.7. The topological polar surface area (TPSA) is 145 Å². The molecule has 0 saturated carbocycles. The van der Waals surface area contributed by atoms with Crippen LogP contribution in [-0.2, 0) is 38.7 Å². The van der Waals surface area contributed by atoms with E-state index in [1.165, 1.54) is 16.8 Å². The largest absolute Gasteiger partial charge is 0.494 e. The predicted molar refractivity (Wildman–Crippen MR) is 240 cm³/mol. The molecule has 0 unspecified atom stereocenters. The first kappa shape index (κ1) is 49.9. The fraction of sp³-hybridized carbons (Fsp3) is 0.700. The van der Waals surface area contributed by atoms with E-state index in [9.17, 15) is 16.8 Å². The molecule has 0 aliphatic carbocycles. The maximum atomic E-state index is 11.6. The summed E-state index contributed by atoms with van der Waals surface area (Å²) < 4.78 is 83.6. The number of halogens is 1. The lowest BCUT2D eigenvalue weighted by Gasteiger charge is -2.33. The molecular formula is C40H67B2BrN4O10S2. The number of ether oxygens (including phenoxy) is 2. The van der Waals surface area contributed by atoms with Crippen LogP contribution in [0.4, 0.5) is 0 Å². The van der Waals surface area contributed by atoms with Gasteiger partial charge in [0.25, 0.3) is 0 Å². The number of rotatable bonds is 13. The molecule has 6 rings (SSSR count). The van der Waals surface area contributed by atoms with Gasteiger partial charge in [-0.05, 0) is 103 Å². The first-order valence-electron chi connectivity index (χ1n) is 20.5. The minimum absolute atomic E-state index is 0.303. The highest BCUT2D eigenvalue weighted by molar-refractivity contribution is 9.09. The Morgan fingerprint density at radius 2 is 0.949 bits per heavy atom. The highest BCUT2D eigenvalue weighted by atomic mass is 79.9. The Bertz CT molecular complexity index is 1790. The molecule has 0 amide bonds. The van der Waals surface area contributed by atoms with Crippen molar-refractivity contribution in [3.63, 3.8) is 0 Å². The van der Waals surface area contributed by atoms with E-state index in [4.69, 9.17) is 28.1 Å². The van der Waals surface area contributed by atoms with E-state index in [0.29, 0.717) is 32.8 Å². The van der Waals surface area contributed by atoms with E-state index in [-0.39, 0.29) is 36.6 Å². The first-order valence-corrected chi connectivity index (χ1v) is 25.3. The van der Waals surface area contributed by atoms with Crippen LogP contribution in [0.15, 0.2) is 48.5 Å². The fourth-order valence-electron chi connectivity index (χ4n) is 6.38. The van der Waals surface area contributed by atoms with Crippen LogP contribution in [0.2, 0.25) is 0 Å². The van der Waals surface area contributed by atoms with Crippen LogP contribution in [0.3, 0.4) is 0 Å². The van der Waals surface area contributed by atoms with E-state index in [1.54, 1.807) is 4.31 Å². The van der Waals surface area contributed by atoms with Crippen molar-refractivity contribution in [2.45, 2.75) is 90.6 Å². The van der Waals surface area contributed by atoms with Crippen LogP contribution in [0, 0.1) is 0 Å². The third kappa shape index (κ3) is 14.7. The third-order valence-corrected chi connectivity index (χ3v) is 14.8. The third-order valence-electron chi connectivity index (χ3n) is 11.6. The van der Waals surface area contributed by atoms with Gasteiger partial charge in [0, 0.05) is 64.2 Å². The van der Waals surface area contributed by atoms with Gasteiger partial charge in [0.05, 0.1) is 48.1 Å². The summed E-state index contributed by atoms with van der Waals surface area (Å²) in [5, 5.41) is 4.04. The Hall–Kier alpha value is -1.77. The van der Waals surface area contributed by atoms with Crippen molar-refractivity contribution in [2.75, 3.05) is 90.0 Å². The van der Waals surface area contributed by atoms with Crippen molar-refractivity contribution in [3.8, 4) is 11.5 Å². The Morgan fingerprint density at radius 3 is 1.29 bits per heavy atom. The lowest BCUT2D eigenvalue weighted by Crippen LogP contribution is -2.48. The van der Waals surface area contributed by atoms with Gasteiger partial charge in [-0.25, -0.2) is 16.8 Å². The van der Waals surface area contributed by atoms with Crippen LogP contribution in [0.25, 0.3) is 0 Å². The molecule has 4 saturated heterocycles. The monoisotopic (exact) mass is 928 g/mol. The molecule has 4 aliphatic rings. The van der Waals surface area contributed by atoms with E-state index in [2.05, 4.69) is 53.8 Å². The first-order chi connectivity index (χ1) is 27.4. The summed E-state index contributed by atoms with van der Waals surface area (Å²) in [5.74, 6) is 1.71. The average Bonchev–Trinajstić information content (AvgIpc) is 3.53. The van der Waals surface area contributed by atoms with E-state index >= 15 is 0 Å².